The van der Waals surface area contributed by atoms with Crippen molar-refractivity contribution in [2.24, 2.45) is 0 Å². The van der Waals surface area contributed by atoms with Crippen molar-refractivity contribution in [3.63, 3.8) is 0 Å². The highest BCUT2D eigenvalue weighted by molar-refractivity contribution is 5.94. The monoisotopic (exact) mass is 470 g/mol. The van der Waals surface area contributed by atoms with Gasteiger partial charge in [0.15, 0.2) is 0 Å². The minimum atomic E-state index is 0.127. The molecule has 2 aliphatic rings. The zero-order valence-corrected chi connectivity index (χ0v) is 20.5. The zero-order valence-electron chi connectivity index (χ0n) is 20.5. The van der Waals surface area contributed by atoms with Gasteiger partial charge >= 0.3 is 0 Å². The standard InChI is InChI=1S/C29H34N4O2/c1-35-28-13-11-27(12-14-28)32-19-21-33(22-20-32)29(34)25-9-7-24(8-10-25)23-30-15-17-31(18-16-30)26-5-3-2-4-6-26/h2-14H,15-23H2,1H3. The Kier molecular flexibility index (Phi) is 7.19. The Morgan fingerprint density at radius 2 is 1.26 bits per heavy atom. The van der Waals surface area contributed by atoms with Gasteiger partial charge in [0.1, 0.15) is 5.75 Å². The highest BCUT2D eigenvalue weighted by atomic mass is 16.5. The average molecular weight is 471 g/mol. The fourth-order valence-electron chi connectivity index (χ4n) is 4.96. The maximum absolute atomic E-state index is 13.1. The molecule has 0 saturated carbocycles. The van der Waals surface area contributed by atoms with Gasteiger partial charge in [-0.15, -0.1) is 0 Å². The first-order chi connectivity index (χ1) is 17.2. The summed E-state index contributed by atoms with van der Waals surface area (Å²) >= 11 is 0. The molecule has 2 aliphatic heterocycles. The Morgan fingerprint density at radius 3 is 1.86 bits per heavy atom. The zero-order chi connectivity index (χ0) is 24.0. The van der Waals surface area contributed by atoms with Crippen molar-refractivity contribution in [1.29, 1.82) is 0 Å². The van der Waals surface area contributed by atoms with E-state index in [4.69, 9.17) is 4.74 Å². The number of para-hydroxylation sites is 1. The molecular weight excluding hydrogens is 436 g/mol. The van der Waals surface area contributed by atoms with Crippen molar-refractivity contribution < 1.29 is 9.53 Å². The van der Waals surface area contributed by atoms with E-state index in [9.17, 15) is 4.79 Å². The van der Waals surface area contributed by atoms with Gasteiger partial charge < -0.3 is 19.4 Å². The third-order valence-electron chi connectivity index (χ3n) is 7.11. The molecule has 0 atom stereocenters. The molecule has 0 aromatic heterocycles. The second kappa shape index (κ2) is 10.8. The number of piperazine rings is 2. The molecule has 35 heavy (non-hydrogen) atoms. The van der Waals surface area contributed by atoms with Gasteiger partial charge in [-0.1, -0.05) is 30.3 Å². The minimum Gasteiger partial charge on any atom is -0.497 e. The first-order valence-corrected chi connectivity index (χ1v) is 12.5. The van der Waals surface area contributed by atoms with Gasteiger partial charge in [-0.3, -0.25) is 9.69 Å². The Bertz CT molecular complexity index is 1090. The molecular formula is C29H34N4O2. The Morgan fingerprint density at radius 1 is 0.686 bits per heavy atom. The maximum atomic E-state index is 13.1. The van der Waals surface area contributed by atoms with Crippen molar-refractivity contribution in [2.75, 3.05) is 69.3 Å². The van der Waals surface area contributed by atoms with E-state index in [-0.39, 0.29) is 5.91 Å². The van der Waals surface area contributed by atoms with E-state index < -0.39 is 0 Å². The molecule has 0 spiro atoms. The van der Waals surface area contributed by atoms with E-state index in [1.54, 1.807) is 7.11 Å². The van der Waals surface area contributed by atoms with Crippen LogP contribution in [0.1, 0.15) is 15.9 Å². The number of benzene rings is 3. The van der Waals surface area contributed by atoms with Crippen molar-refractivity contribution in [3.05, 3.63) is 90.0 Å². The number of ether oxygens (including phenoxy) is 1. The van der Waals surface area contributed by atoms with E-state index in [2.05, 4.69) is 69.3 Å². The third kappa shape index (κ3) is 5.60. The first kappa shape index (κ1) is 23.2. The summed E-state index contributed by atoms with van der Waals surface area (Å²) in [6.07, 6.45) is 0. The smallest absolute Gasteiger partial charge is 0.253 e. The Labute approximate surface area is 208 Å². The van der Waals surface area contributed by atoms with Gasteiger partial charge in [0, 0.05) is 75.8 Å². The van der Waals surface area contributed by atoms with Crippen LogP contribution in [0.25, 0.3) is 0 Å². The highest BCUT2D eigenvalue weighted by Gasteiger charge is 2.23. The molecule has 5 rings (SSSR count). The molecule has 3 aromatic carbocycles. The van der Waals surface area contributed by atoms with Gasteiger partial charge in [0.25, 0.3) is 5.91 Å². The first-order valence-electron chi connectivity index (χ1n) is 12.5. The van der Waals surface area contributed by atoms with Crippen LogP contribution in [-0.4, -0.2) is 75.2 Å². The molecule has 0 bridgehead atoms. The Balaban J connectivity index is 1.10. The summed E-state index contributed by atoms with van der Waals surface area (Å²) in [6, 6.07) is 27.0. The van der Waals surface area contributed by atoms with Crippen LogP contribution in [0, 0.1) is 0 Å². The fourth-order valence-corrected chi connectivity index (χ4v) is 4.96. The number of amides is 1. The summed E-state index contributed by atoms with van der Waals surface area (Å²) in [5.41, 5.74) is 4.52. The lowest BCUT2D eigenvalue weighted by Gasteiger charge is -2.36. The van der Waals surface area contributed by atoms with Gasteiger partial charge in [-0.25, -0.2) is 0 Å². The molecule has 0 unspecified atom stereocenters. The van der Waals surface area contributed by atoms with E-state index in [1.807, 2.05) is 29.2 Å². The van der Waals surface area contributed by atoms with Crippen LogP contribution >= 0.6 is 0 Å². The van der Waals surface area contributed by atoms with Gasteiger partial charge in [0.2, 0.25) is 0 Å². The van der Waals surface area contributed by atoms with E-state index in [1.165, 1.54) is 16.9 Å². The molecule has 6 nitrogen and oxygen atoms in total. The fraction of sp³-hybridized carbons (Fsp3) is 0.345. The number of hydrogen-bond donors (Lipinski definition) is 0. The van der Waals surface area contributed by atoms with E-state index >= 15 is 0 Å². The van der Waals surface area contributed by atoms with E-state index in [0.717, 1.165) is 70.2 Å². The molecule has 6 heteroatoms. The van der Waals surface area contributed by atoms with Gasteiger partial charge in [-0.05, 0) is 54.1 Å². The lowest BCUT2D eigenvalue weighted by Crippen LogP contribution is -2.48. The highest BCUT2D eigenvalue weighted by Crippen LogP contribution is 2.21. The number of methoxy groups -OCH3 is 1. The maximum Gasteiger partial charge on any atom is 0.253 e. The minimum absolute atomic E-state index is 0.127. The SMILES string of the molecule is COc1ccc(N2CCN(C(=O)c3ccc(CN4CCN(c5ccccc5)CC4)cc3)CC2)cc1. The number of carbonyl (C=O) groups excluding carboxylic acids is 1. The average Bonchev–Trinajstić information content (AvgIpc) is 2.94. The van der Waals surface area contributed by atoms with Crippen LogP contribution in [0.4, 0.5) is 11.4 Å². The summed E-state index contributed by atoms with van der Waals surface area (Å²) in [5, 5.41) is 0. The summed E-state index contributed by atoms with van der Waals surface area (Å²) in [4.78, 5) is 22.3. The number of nitrogens with zero attached hydrogens (tertiary/aromatic N) is 4. The van der Waals surface area contributed by atoms with Gasteiger partial charge in [-0.2, -0.15) is 0 Å². The largest absolute Gasteiger partial charge is 0.497 e. The second-order valence-electron chi connectivity index (χ2n) is 9.27. The number of rotatable bonds is 6. The molecule has 1 amide bonds. The summed E-state index contributed by atoms with van der Waals surface area (Å²) in [7, 11) is 1.68. The Hall–Kier alpha value is -3.51. The quantitative estimate of drug-likeness (QED) is 0.545. The molecule has 2 heterocycles. The molecule has 0 N–H and O–H groups in total. The topological polar surface area (TPSA) is 39.3 Å². The predicted octanol–water partition coefficient (Wildman–Crippen LogP) is 3.98. The van der Waals surface area contributed by atoms with Crippen LogP contribution in [0.5, 0.6) is 5.75 Å². The normalized spacial score (nSPS) is 16.9. The van der Waals surface area contributed by atoms with Gasteiger partial charge in [0.05, 0.1) is 7.11 Å². The molecule has 3 aromatic rings. The van der Waals surface area contributed by atoms with Crippen molar-refractivity contribution in [2.45, 2.75) is 6.54 Å². The molecule has 2 saturated heterocycles. The van der Waals surface area contributed by atoms with E-state index in [0.29, 0.717) is 0 Å². The lowest BCUT2D eigenvalue weighted by molar-refractivity contribution is 0.0746. The molecule has 0 radical (unpaired) electrons. The van der Waals surface area contributed by atoms with Crippen LogP contribution in [0.3, 0.4) is 0 Å². The predicted molar refractivity (Wildman–Crippen MR) is 141 cm³/mol. The summed E-state index contributed by atoms with van der Waals surface area (Å²) in [5.74, 6) is 0.989. The van der Waals surface area contributed by atoms with Crippen LogP contribution in [0.15, 0.2) is 78.9 Å². The van der Waals surface area contributed by atoms with Crippen LogP contribution in [0.2, 0.25) is 0 Å². The lowest BCUT2D eigenvalue weighted by atomic mass is 10.1. The molecule has 0 aliphatic carbocycles. The summed E-state index contributed by atoms with van der Waals surface area (Å²) in [6.45, 7) is 8.26. The number of anilines is 2. The number of hydrogen-bond acceptors (Lipinski definition) is 5. The molecule has 182 valence electrons. The van der Waals surface area contributed by atoms with Crippen LogP contribution in [-0.2, 0) is 6.54 Å². The van der Waals surface area contributed by atoms with Crippen molar-refractivity contribution in [1.82, 2.24) is 9.80 Å². The number of carbonyl (C=O) groups is 1. The molecule has 2 fully saturated rings. The van der Waals surface area contributed by atoms with Crippen molar-refractivity contribution >= 4 is 17.3 Å². The van der Waals surface area contributed by atoms with Crippen LogP contribution < -0.4 is 14.5 Å². The summed E-state index contributed by atoms with van der Waals surface area (Å²) < 4.78 is 5.25. The second-order valence-corrected chi connectivity index (χ2v) is 9.27. The third-order valence-corrected chi connectivity index (χ3v) is 7.11. The van der Waals surface area contributed by atoms with Crippen molar-refractivity contribution in [3.8, 4) is 5.75 Å².